The molecular weight excluding hydrogens is 295 g/mol. The summed E-state index contributed by atoms with van der Waals surface area (Å²) < 4.78 is 21.6. The highest BCUT2D eigenvalue weighted by Gasteiger charge is 2.17. The second-order valence-electron chi connectivity index (χ2n) is 4.75. The first-order chi connectivity index (χ1) is 10.7. The minimum absolute atomic E-state index is 1.02. The van der Waals surface area contributed by atoms with Gasteiger partial charge in [-0.3, -0.25) is 0 Å². The van der Waals surface area contributed by atoms with Gasteiger partial charge in [-0.05, 0) is 48.3 Å². The van der Waals surface area contributed by atoms with Crippen molar-refractivity contribution in [2.45, 2.75) is 13.8 Å². The summed E-state index contributed by atoms with van der Waals surface area (Å²) in [5.74, 6) is 0. The Balaban J connectivity index is 1.84. The largest absolute Gasteiger partial charge is 0.804 e. The lowest BCUT2D eigenvalue weighted by Gasteiger charge is -1.96. The molecule has 0 aromatic heterocycles. The topological polar surface area (TPSA) is 35.5 Å². The maximum atomic E-state index is 11.6. The molecule has 2 aromatic carbocycles. The van der Waals surface area contributed by atoms with E-state index in [1.54, 1.807) is 12.2 Å². The molecule has 0 atom stereocenters. The van der Waals surface area contributed by atoms with Crippen LogP contribution in [0, 0.1) is 13.8 Å². The highest BCUT2D eigenvalue weighted by atomic mass is 31.1. The van der Waals surface area contributed by atoms with Crippen LogP contribution in [0.15, 0.2) is 61.1 Å². The molecule has 3 nitrogen and oxygen atoms in total. The van der Waals surface area contributed by atoms with E-state index >= 15 is 0 Å². The second-order valence-corrected chi connectivity index (χ2v) is 5.62. The summed E-state index contributed by atoms with van der Waals surface area (Å²) in [5, 5.41) is 0. The van der Waals surface area contributed by atoms with Gasteiger partial charge in [0.25, 0.3) is 0 Å². The van der Waals surface area contributed by atoms with E-state index in [2.05, 4.69) is 0 Å². The van der Waals surface area contributed by atoms with Gasteiger partial charge in [0.15, 0.2) is 12.5 Å². The van der Waals surface area contributed by atoms with Gasteiger partial charge in [-0.25, -0.2) is 9.05 Å². The summed E-state index contributed by atoms with van der Waals surface area (Å²) in [6, 6.07) is 15.7. The minimum atomic E-state index is -2.22. The number of aryl methyl sites for hydroxylation is 2. The summed E-state index contributed by atoms with van der Waals surface area (Å²) in [6.07, 6.45) is 6.30. The first kappa shape index (κ1) is 16.0. The minimum Gasteiger partial charge on any atom is -0.230 e. The molecular formula is C18H18O3P+. The molecule has 0 aliphatic carbocycles. The van der Waals surface area contributed by atoms with Crippen molar-refractivity contribution in [3.8, 4) is 0 Å². The average Bonchev–Trinajstić information content (AvgIpc) is 2.51. The molecule has 0 radical (unpaired) electrons. The summed E-state index contributed by atoms with van der Waals surface area (Å²) >= 11 is 0. The van der Waals surface area contributed by atoms with Gasteiger partial charge in [-0.2, -0.15) is 0 Å². The Morgan fingerprint density at radius 1 is 0.773 bits per heavy atom. The highest BCUT2D eigenvalue weighted by Crippen LogP contribution is 2.25. The third-order valence-corrected chi connectivity index (χ3v) is 3.75. The van der Waals surface area contributed by atoms with Crippen LogP contribution in [0.5, 0.6) is 0 Å². The predicted molar refractivity (Wildman–Crippen MR) is 90.2 cm³/mol. The van der Waals surface area contributed by atoms with Crippen molar-refractivity contribution in [3.05, 3.63) is 83.3 Å². The lowest BCUT2D eigenvalue weighted by molar-refractivity contribution is 0.358. The number of hydrogen-bond acceptors (Lipinski definition) is 3. The zero-order valence-corrected chi connectivity index (χ0v) is 13.5. The summed E-state index contributed by atoms with van der Waals surface area (Å²) in [5.41, 5.74) is 4.28. The normalized spacial score (nSPS) is 11.8. The molecule has 0 aliphatic heterocycles. The first-order valence-electron chi connectivity index (χ1n) is 6.92. The van der Waals surface area contributed by atoms with Crippen LogP contribution in [0.4, 0.5) is 0 Å². The zero-order chi connectivity index (χ0) is 15.8. The molecule has 0 heterocycles. The summed E-state index contributed by atoms with van der Waals surface area (Å²) in [4.78, 5) is 0. The van der Waals surface area contributed by atoms with Gasteiger partial charge >= 0.3 is 8.25 Å². The fraction of sp³-hybridized carbons (Fsp3) is 0.111. The van der Waals surface area contributed by atoms with Crippen molar-refractivity contribution in [2.24, 2.45) is 0 Å². The Bertz CT molecular complexity index is 645. The molecule has 0 saturated heterocycles. The Labute approximate surface area is 131 Å². The standard InChI is InChI=1S/C18H18O3P/c1-15-7-3-5-9-17(15)11-13-20-22(19)21-14-12-18-10-6-4-8-16(18)2/h3-14H,1-2H3/q+1. The van der Waals surface area contributed by atoms with Crippen LogP contribution in [-0.4, -0.2) is 0 Å². The molecule has 0 aliphatic rings. The van der Waals surface area contributed by atoms with Crippen molar-refractivity contribution in [3.63, 3.8) is 0 Å². The predicted octanol–water partition coefficient (Wildman–Crippen LogP) is 5.64. The smallest absolute Gasteiger partial charge is 0.230 e. The monoisotopic (exact) mass is 313 g/mol. The van der Waals surface area contributed by atoms with Crippen LogP contribution < -0.4 is 0 Å². The molecule has 0 N–H and O–H groups in total. The lowest BCUT2D eigenvalue weighted by atomic mass is 10.1. The highest BCUT2D eigenvalue weighted by molar-refractivity contribution is 7.33. The van der Waals surface area contributed by atoms with E-state index in [9.17, 15) is 4.57 Å². The fourth-order valence-electron chi connectivity index (χ4n) is 1.88. The molecule has 0 spiro atoms. The van der Waals surface area contributed by atoms with E-state index in [1.165, 1.54) is 12.5 Å². The average molecular weight is 313 g/mol. The van der Waals surface area contributed by atoms with Gasteiger partial charge in [0.1, 0.15) is 0 Å². The molecule has 0 amide bonds. The van der Waals surface area contributed by atoms with E-state index in [-0.39, 0.29) is 0 Å². The molecule has 112 valence electrons. The zero-order valence-electron chi connectivity index (χ0n) is 12.6. The number of benzene rings is 2. The van der Waals surface area contributed by atoms with E-state index in [0.29, 0.717) is 0 Å². The maximum Gasteiger partial charge on any atom is 0.804 e. The second kappa shape index (κ2) is 8.16. The quantitative estimate of drug-likeness (QED) is 0.511. The fourth-order valence-corrected chi connectivity index (χ4v) is 2.25. The molecule has 2 aromatic rings. The third-order valence-electron chi connectivity index (χ3n) is 3.17. The number of rotatable bonds is 6. The molecule has 0 bridgehead atoms. The van der Waals surface area contributed by atoms with Gasteiger partial charge in [0, 0.05) is 4.57 Å². The Morgan fingerprint density at radius 3 is 1.59 bits per heavy atom. The molecule has 2 rings (SSSR count). The van der Waals surface area contributed by atoms with Gasteiger partial charge in [0.2, 0.25) is 0 Å². The van der Waals surface area contributed by atoms with Crippen molar-refractivity contribution in [2.75, 3.05) is 0 Å². The van der Waals surface area contributed by atoms with E-state index in [1.807, 2.05) is 62.4 Å². The molecule has 0 fully saturated rings. The van der Waals surface area contributed by atoms with Gasteiger partial charge < -0.3 is 0 Å². The van der Waals surface area contributed by atoms with Crippen molar-refractivity contribution >= 4 is 20.4 Å². The summed E-state index contributed by atoms with van der Waals surface area (Å²) in [7, 11) is -2.22. The van der Waals surface area contributed by atoms with Gasteiger partial charge in [0.05, 0.1) is 0 Å². The van der Waals surface area contributed by atoms with E-state index in [4.69, 9.17) is 9.05 Å². The lowest BCUT2D eigenvalue weighted by Crippen LogP contribution is -1.79. The molecule has 22 heavy (non-hydrogen) atoms. The van der Waals surface area contributed by atoms with Crippen molar-refractivity contribution in [1.29, 1.82) is 0 Å². The van der Waals surface area contributed by atoms with Crippen LogP contribution in [0.25, 0.3) is 12.2 Å². The SMILES string of the molecule is Cc1ccccc1C=CO[P+](=O)OC=Cc1ccccc1C. The Hall–Kier alpha value is -2.38. The van der Waals surface area contributed by atoms with Crippen LogP contribution in [0.1, 0.15) is 22.3 Å². The van der Waals surface area contributed by atoms with Crippen LogP contribution >= 0.6 is 8.25 Å². The van der Waals surface area contributed by atoms with Gasteiger partial charge in [-0.15, -0.1) is 0 Å². The first-order valence-corrected chi connectivity index (χ1v) is 8.01. The van der Waals surface area contributed by atoms with Crippen molar-refractivity contribution in [1.82, 2.24) is 0 Å². The van der Waals surface area contributed by atoms with Crippen LogP contribution in [0.3, 0.4) is 0 Å². The van der Waals surface area contributed by atoms with E-state index < -0.39 is 8.25 Å². The van der Waals surface area contributed by atoms with Gasteiger partial charge in [-0.1, -0.05) is 48.5 Å². The third kappa shape index (κ3) is 4.87. The maximum absolute atomic E-state index is 11.6. The van der Waals surface area contributed by atoms with Crippen molar-refractivity contribution < 1.29 is 13.6 Å². The van der Waals surface area contributed by atoms with Crippen LogP contribution in [-0.2, 0) is 13.6 Å². The Kier molecular flexibility index (Phi) is 5.93. The summed E-state index contributed by atoms with van der Waals surface area (Å²) in [6.45, 7) is 4.00. The Morgan fingerprint density at radius 2 is 1.18 bits per heavy atom. The molecule has 0 unspecified atom stereocenters. The molecule has 0 saturated carbocycles. The number of hydrogen-bond donors (Lipinski definition) is 0. The molecule has 4 heteroatoms. The van der Waals surface area contributed by atoms with Crippen LogP contribution in [0.2, 0.25) is 0 Å². The van der Waals surface area contributed by atoms with E-state index in [0.717, 1.165) is 22.3 Å².